The molecule has 1 amide bonds. The molecule has 3 heterocycles. The molecule has 0 spiro atoms. The summed E-state index contributed by atoms with van der Waals surface area (Å²) in [5, 5.41) is 10.6. The van der Waals surface area contributed by atoms with Gasteiger partial charge in [0.15, 0.2) is 11.5 Å². The number of carbonyl (C=O) groups is 2. The van der Waals surface area contributed by atoms with Crippen LogP contribution in [0.3, 0.4) is 0 Å². The Morgan fingerprint density at radius 2 is 1.53 bits per heavy atom. The number of aryl methyl sites for hydroxylation is 1. The van der Waals surface area contributed by atoms with Crippen LogP contribution in [-0.4, -0.2) is 31.7 Å². The summed E-state index contributed by atoms with van der Waals surface area (Å²) in [6, 6.07) is 16.2. The highest BCUT2D eigenvalue weighted by Gasteiger charge is 2.43. The van der Waals surface area contributed by atoms with Gasteiger partial charge in [0.05, 0.1) is 11.6 Å². The van der Waals surface area contributed by atoms with Crippen LogP contribution in [-0.2, 0) is 22.6 Å². The average molecular weight is 399 g/mol. The summed E-state index contributed by atoms with van der Waals surface area (Å²) in [4.78, 5) is 35.6. The van der Waals surface area contributed by atoms with Gasteiger partial charge < -0.3 is 10.0 Å². The van der Waals surface area contributed by atoms with Crippen LogP contribution in [0.5, 0.6) is 0 Å². The van der Waals surface area contributed by atoms with Gasteiger partial charge in [-0.1, -0.05) is 30.3 Å². The molecule has 1 aliphatic heterocycles. The lowest BCUT2D eigenvalue weighted by atomic mass is 9.93. The zero-order chi connectivity index (χ0) is 20.9. The molecule has 0 fully saturated rings. The maximum absolute atomic E-state index is 13.1. The molecule has 150 valence electrons. The minimum absolute atomic E-state index is 0.149. The number of aliphatic hydroxyl groups excluding tert-OH is 1. The van der Waals surface area contributed by atoms with E-state index in [0.29, 0.717) is 6.42 Å². The van der Waals surface area contributed by atoms with Crippen LogP contribution >= 0.6 is 0 Å². The lowest BCUT2D eigenvalue weighted by Crippen LogP contribution is -2.30. The number of nitrogens with zero attached hydrogens (tertiary/aromatic N) is 3. The Labute approximate surface area is 174 Å². The highest BCUT2D eigenvalue weighted by Crippen LogP contribution is 2.39. The maximum Gasteiger partial charge on any atom is 0.290 e. The van der Waals surface area contributed by atoms with E-state index in [1.54, 1.807) is 36.9 Å². The van der Waals surface area contributed by atoms with Gasteiger partial charge in [-0.15, -0.1) is 0 Å². The number of pyridine rings is 2. The molecule has 6 nitrogen and oxygen atoms in total. The number of amides is 1. The van der Waals surface area contributed by atoms with Crippen molar-refractivity contribution in [2.45, 2.75) is 25.4 Å². The van der Waals surface area contributed by atoms with Gasteiger partial charge in [0, 0.05) is 37.8 Å². The first-order valence-corrected chi connectivity index (χ1v) is 9.75. The molecule has 1 N–H and O–H groups in total. The molecule has 1 aromatic carbocycles. The van der Waals surface area contributed by atoms with Crippen LogP contribution in [0.4, 0.5) is 0 Å². The molecule has 3 aromatic rings. The molecule has 0 saturated heterocycles. The maximum atomic E-state index is 13.1. The van der Waals surface area contributed by atoms with E-state index >= 15 is 0 Å². The molecule has 1 unspecified atom stereocenters. The molecule has 0 bridgehead atoms. The van der Waals surface area contributed by atoms with Crippen molar-refractivity contribution in [3.05, 3.63) is 107 Å². The van der Waals surface area contributed by atoms with Crippen LogP contribution in [0.2, 0.25) is 0 Å². The van der Waals surface area contributed by atoms with E-state index < -0.39 is 17.7 Å². The van der Waals surface area contributed by atoms with Gasteiger partial charge in [0.1, 0.15) is 0 Å². The van der Waals surface area contributed by atoms with Crippen molar-refractivity contribution in [1.29, 1.82) is 0 Å². The van der Waals surface area contributed by atoms with Crippen molar-refractivity contribution in [2.24, 2.45) is 0 Å². The number of ketones is 1. The van der Waals surface area contributed by atoms with Crippen molar-refractivity contribution in [3.63, 3.8) is 0 Å². The summed E-state index contributed by atoms with van der Waals surface area (Å²) in [5.74, 6) is -1.25. The fourth-order valence-electron chi connectivity index (χ4n) is 3.72. The second-order valence-electron chi connectivity index (χ2n) is 7.14. The fourth-order valence-corrected chi connectivity index (χ4v) is 3.72. The summed E-state index contributed by atoms with van der Waals surface area (Å²) < 4.78 is 0. The Bertz CT molecular complexity index is 1070. The highest BCUT2D eigenvalue weighted by atomic mass is 16.3. The zero-order valence-electron chi connectivity index (χ0n) is 16.3. The Kier molecular flexibility index (Phi) is 5.66. The summed E-state index contributed by atoms with van der Waals surface area (Å²) in [5.41, 5.74) is 2.78. The largest absolute Gasteiger partial charge is 0.503 e. The number of benzene rings is 1. The fraction of sp³-hybridized carbons (Fsp3) is 0.167. The zero-order valence-corrected chi connectivity index (χ0v) is 16.3. The first-order chi connectivity index (χ1) is 14.6. The van der Waals surface area contributed by atoms with Crippen LogP contribution in [0.25, 0.3) is 0 Å². The van der Waals surface area contributed by atoms with Gasteiger partial charge >= 0.3 is 0 Å². The number of carbonyl (C=O) groups excluding carboxylic acids is 2. The third kappa shape index (κ3) is 3.98. The topological polar surface area (TPSA) is 83.4 Å². The second kappa shape index (κ2) is 8.69. The van der Waals surface area contributed by atoms with E-state index in [1.807, 2.05) is 42.5 Å². The van der Waals surface area contributed by atoms with E-state index in [2.05, 4.69) is 9.97 Å². The number of hydrogen-bond donors (Lipinski definition) is 1. The molecule has 2 aromatic heterocycles. The van der Waals surface area contributed by atoms with Gasteiger partial charge in [0.2, 0.25) is 0 Å². The Balaban J connectivity index is 1.64. The summed E-state index contributed by atoms with van der Waals surface area (Å²) in [7, 11) is 0. The number of aromatic nitrogens is 2. The van der Waals surface area contributed by atoms with Crippen molar-refractivity contribution >= 4 is 11.7 Å². The van der Waals surface area contributed by atoms with Crippen LogP contribution in [0.15, 0.2) is 90.7 Å². The van der Waals surface area contributed by atoms with E-state index in [4.69, 9.17) is 0 Å². The van der Waals surface area contributed by atoms with Crippen molar-refractivity contribution in [1.82, 2.24) is 14.9 Å². The first kappa shape index (κ1) is 19.5. The van der Waals surface area contributed by atoms with Gasteiger partial charge in [-0.2, -0.15) is 0 Å². The van der Waals surface area contributed by atoms with Crippen molar-refractivity contribution in [3.8, 4) is 0 Å². The lowest BCUT2D eigenvalue weighted by Gasteiger charge is -2.26. The van der Waals surface area contributed by atoms with Crippen molar-refractivity contribution in [2.75, 3.05) is 0 Å². The predicted molar refractivity (Wildman–Crippen MR) is 111 cm³/mol. The minimum Gasteiger partial charge on any atom is -0.503 e. The molecular weight excluding hydrogens is 378 g/mol. The Morgan fingerprint density at radius 1 is 0.900 bits per heavy atom. The smallest absolute Gasteiger partial charge is 0.290 e. The van der Waals surface area contributed by atoms with E-state index in [0.717, 1.165) is 16.7 Å². The second-order valence-corrected chi connectivity index (χ2v) is 7.14. The van der Waals surface area contributed by atoms with E-state index in [1.165, 1.54) is 4.90 Å². The Hall–Kier alpha value is -3.80. The van der Waals surface area contributed by atoms with Crippen LogP contribution in [0, 0.1) is 0 Å². The summed E-state index contributed by atoms with van der Waals surface area (Å²) >= 11 is 0. The predicted octanol–water partition coefficient (Wildman–Crippen LogP) is 3.57. The standard InChI is InChI=1S/C24H21N3O3/c28-20(7-6-17-4-2-1-3-5-17)21-22(19-10-14-26-15-11-19)27(24(30)23(21)29)16-18-8-12-25-13-9-18/h1-5,8-15,22,29H,6-7,16H2. The highest BCUT2D eigenvalue weighted by molar-refractivity contribution is 6.09. The lowest BCUT2D eigenvalue weighted by molar-refractivity contribution is -0.130. The minimum atomic E-state index is -0.656. The SMILES string of the molecule is O=C(CCc1ccccc1)C1=C(O)C(=O)N(Cc2ccncc2)C1c1ccncc1. The number of Topliss-reactive ketones (excluding diaryl/α,β-unsaturated/α-hetero) is 1. The molecule has 0 radical (unpaired) electrons. The van der Waals surface area contributed by atoms with Gasteiger partial charge in [-0.25, -0.2) is 0 Å². The normalized spacial score (nSPS) is 16.2. The Morgan fingerprint density at radius 3 is 2.20 bits per heavy atom. The van der Waals surface area contributed by atoms with E-state index in [-0.39, 0.29) is 24.3 Å². The molecule has 6 heteroatoms. The number of aliphatic hydroxyl groups is 1. The average Bonchev–Trinajstić information content (AvgIpc) is 3.04. The number of rotatable bonds is 7. The van der Waals surface area contributed by atoms with Gasteiger partial charge in [-0.05, 0) is 47.4 Å². The molecule has 30 heavy (non-hydrogen) atoms. The molecular formula is C24H21N3O3. The quantitative estimate of drug-likeness (QED) is 0.657. The number of hydrogen-bond acceptors (Lipinski definition) is 5. The van der Waals surface area contributed by atoms with Crippen LogP contribution in [0.1, 0.15) is 29.2 Å². The molecule has 1 atom stereocenters. The van der Waals surface area contributed by atoms with Crippen LogP contribution < -0.4 is 0 Å². The van der Waals surface area contributed by atoms with E-state index in [9.17, 15) is 14.7 Å². The molecule has 1 aliphatic rings. The van der Waals surface area contributed by atoms with Gasteiger partial charge in [-0.3, -0.25) is 19.6 Å². The third-order valence-electron chi connectivity index (χ3n) is 5.21. The van der Waals surface area contributed by atoms with Gasteiger partial charge in [0.25, 0.3) is 5.91 Å². The monoisotopic (exact) mass is 399 g/mol. The summed E-state index contributed by atoms with van der Waals surface area (Å²) in [6.07, 6.45) is 7.28. The summed E-state index contributed by atoms with van der Waals surface area (Å²) in [6.45, 7) is 0.258. The molecule has 0 aliphatic carbocycles. The molecule has 0 saturated carbocycles. The molecule has 4 rings (SSSR count). The first-order valence-electron chi connectivity index (χ1n) is 9.75. The van der Waals surface area contributed by atoms with Crippen molar-refractivity contribution < 1.29 is 14.7 Å². The third-order valence-corrected chi connectivity index (χ3v) is 5.21.